The Balaban J connectivity index is 2.32. The molecule has 1 aliphatic rings. The molecule has 8 heteroatoms. The van der Waals surface area contributed by atoms with Crippen LogP contribution in [-0.4, -0.2) is 35.4 Å². The van der Waals surface area contributed by atoms with E-state index in [9.17, 15) is 13.2 Å². The van der Waals surface area contributed by atoms with Gasteiger partial charge in [0, 0.05) is 0 Å². The van der Waals surface area contributed by atoms with Crippen LogP contribution in [0, 0.1) is 0 Å². The zero-order chi connectivity index (χ0) is 11.8. The van der Waals surface area contributed by atoms with Crippen LogP contribution < -0.4 is 0 Å². The van der Waals surface area contributed by atoms with Crippen molar-refractivity contribution in [3.63, 3.8) is 0 Å². The van der Waals surface area contributed by atoms with E-state index in [1.807, 2.05) is 0 Å². The molecule has 0 radical (unpaired) electrons. The van der Waals surface area contributed by atoms with Gasteiger partial charge < -0.3 is 9.63 Å². The highest BCUT2D eigenvalue weighted by molar-refractivity contribution is 7.91. The average Bonchev–Trinajstić information content (AvgIpc) is 2.65. The van der Waals surface area contributed by atoms with Crippen molar-refractivity contribution in [1.82, 2.24) is 10.1 Å². The summed E-state index contributed by atoms with van der Waals surface area (Å²) in [6.45, 7) is 0. The van der Waals surface area contributed by atoms with Gasteiger partial charge in [0.1, 0.15) is 5.25 Å². The van der Waals surface area contributed by atoms with Gasteiger partial charge in [-0.15, -0.1) is 0 Å². The predicted octanol–water partition coefficient (Wildman–Crippen LogP) is 0.408. The highest BCUT2D eigenvalue weighted by Gasteiger charge is 2.34. The maximum absolute atomic E-state index is 11.7. The molecule has 1 fully saturated rings. The van der Waals surface area contributed by atoms with E-state index < -0.39 is 26.9 Å². The molecule has 0 aromatic carbocycles. The number of rotatable bonds is 2. The Morgan fingerprint density at radius 2 is 2.19 bits per heavy atom. The summed E-state index contributed by atoms with van der Waals surface area (Å²) in [5.41, 5.74) is 0. The van der Waals surface area contributed by atoms with Crippen LogP contribution in [0.25, 0.3) is 0 Å². The molecule has 1 atom stereocenters. The normalized spacial score (nSPS) is 24.1. The molecule has 0 aliphatic carbocycles. The molecule has 1 saturated heterocycles. The number of aromatic nitrogens is 2. The van der Waals surface area contributed by atoms with E-state index in [1.165, 1.54) is 0 Å². The van der Waals surface area contributed by atoms with Crippen LogP contribution in [0.1, 0.15) is 41.0 Å². The Bertz CT molecular complexity index is 506. The van der Waals surface area contributed by atoms with Crippen molar-refractivity contribution in [3.05, 3.63) is 11.7 Å². The van der Waals surface area contributed by atoms with Crippen LogP contribution >= 0.6 is 0 Å². The van der Waals surface area contributed by atoms with Crippen molar-refractivity contribution in [2.75, 3.05) is 5.75 Å². The largest absolute Gasteiger partial charge is 0.474 e. The highest BCUT2D eigenvalue weighted by Crippen LogP contribution is 2.31. The Kier molecular flexibility index (Phi) is 2.66. The average molecular weight is 246 g/mol. The van der Waals surface area contributed by atoms with Crippen molar-refractivity contribution < 1.29 is 22.8 Å². The predicted molar refractivity (Wildman–Crippen MR) is 51.6 cm³/mol. The molecule has 1 N–H and O–H groups in total. The molecular formula is C8H10N2O5S. The van der Waals surface area contributed by atoms with Gasteiger partial charge in [-0.25, -0.2) is 13.2 Å². The molecule has 1 aromatic heterocycles. The summed E-state index contributed by atoms with van der Waals surface area (Å²) in [5.74, 6) is -1.88. The molecule has 7 nitrogen and oxygen atoms in total. The number of hydrogen-bond donors (Lipinski definition) is 1. The maximum atomic E-state index is 11.7. The molecule has 16 heavy (non-hydrogen) atoms. The lowest BCUT2D eigenvalue weighted by Crippen LogP contribution is -2.22. The number of hydrogen-bond acceptors (Lipinski definition) is 6. The van der Waals surface area contributed by atoms with Gasteiger partial charge in [-0.05, 0) is 12.8 Å². The van der Waals surface area contributed by atoms with Gasteiger partial charge >= 0.3 is 11.9 Å². The van der Waals surface area contributed by atoms with E-state index in [2.05, 4.69) is 14.7 Å². The molecule has 0 saturated carbocycles. The lowest BCUT2D eigenvalue weighted by atomic mass is 10.2. The minimum atomic E-state index is -3.27. The molecule has 0 bridgehead atoms. The van der Waals surface area contributed by atoms with Crippen LogP contribution in [0.2, 0.25) is 0 Å². The second-order valence-electron chi connectivity index (χ2n) is 3.61. The topological polar surface area (TPSA) is 110 Å². The first-order valence-corrected chi connectivity index (χ1v) is 6.51. The zero-order valence-electron chi connectivity index (χ0n) is 8.29. The first-order valence-electron chi connectivity index (χ1n) is 4.79. The van der Waals surface area contributed by atoms with Crippen LogP contribution in [-0.2, 0) is 9.84 Å². The highest BCUT2D eigenvalue weighted by atomic mass is 32.2. The molecule has 1 aliphatic heterocycles. The van der Waals surface area contributed by atoms with Gasteiger partial charge in [-0.2, -0.15) is 4.98 Å². The minimum Gasteiger partial charge on any atom is -0.474 e. The van der Waals surface area contributed by atoms with Crippen LogP contribution in [0.5, 0.6) is 0 Å². The number of carbonyl (C=O) groups is 1. The Morgan fingerprint density at radius 3 is 2.75 bits per heavy atom. The van der Waals surface area contributed by atoms with Gasteiger partial charge in [-0.1, -0.05) is 11.6 Å². The second kappa shape index (κ2) is 3.85. The van der Waals surface area contributed by atoms with Crippen molar-refractivity contribution in [2.45, 2.75) is 24.5 Å². The summed E-state index contributed by atoms with van der Waals surface area (Å²) in [4.78, 5) is 14.1. The summed E-state index contributed by atoms with van der Waals surface area (Å²) in [7, 11) is -3.27. The van der Waals surface area contributed by atoms with E-state index in [4.69, 9.17) is 5.11 Å². The summed E-state index contributed by atoms with van der Waals surface area (Å²) in [6.07, 6.45) is 1.81. The third-order valence-corrected chi connectivity index (χ3v) is 4.66. The summed E-state index contributed by atoms with van der Waals surface area (Å²) < 4.78 is 27.8. The fourth-order valence-corrected chi connectivity index (χ4v) is 3.53. The SMILES string of the molecule is O=C(O)c1nc(C2CCCCS2(=O)=O)no1. The van der Waals surface area contributed by atoms with Crippen molar-refractivity contribution in [2.24, 2.45) is 0 Å². The van der Waals surface area contributed by atoms with Crippen molar-refractivity contribution in [1.29, 1.82) is 0 Å². The second-order valence-corrected chi connectivity index (χ2v) is 5.92. The summed E-state index contributed by atoms with van der Waals surface area (Å²) in [6, 6.07) is 0. The van der Waals surface area contributed by atoms with Gasteiger partial charge in [0.2, 0.25) is 0 Å². The van der Waals surface area contributed by atoms with E-state index in [0.717, 1.165) is 6.42 Å². The number of sulfone groups is 1. The molecule has 1 aromatic rings. The Hall–Kier alpha value is -1.44. The number of nitrogens with zero attached hydrogens (tertiary/aromatic N) is 2. The van der Waals surface area contributed by atoms with Gasteiger partial charge in [-0.3, -0.25) is 0 Å². The molecule has 2 rings (SSSR count). The smallest absolute Gasteiger partial charge is 0.394 e. The third kappa shape index (κ3) is 1.92. The quantitative estimate of drug-likeness (QED) is 0.804. The van der Waals surface area contributed by atoms with Crippen molar-refractivity contribution in [3.8, 4) is 0 Å². The van der Waals surface area contributed by atoms with Crippen LogP contribution in [0.15, 0.2) is 4.52 Å². The fourth-order valence-electron chi connectivity index (χ4n) is 1.70. The van der Waals surface area contributed by atoms with Crippen LogP contribution in [0.4, 0.5) is 0 Å². The molecular weight excluding hydrogens is 236 g/mol. The molecule has 1 unspecified atom stereocenters. The first kappa shape index (κ1) is 11.1. The Labute approximate surface area is 91.4 Å². The summed E-state index contributed by atoms with van der Waals surface area (Å²) in [5, 5.41) is 11.2. The number of aromatic carboxylic acids is 1. The lowest BCUT2D eigenvalue weighted by molar-refractivity contribution is 0.0643. The van der Waals surface area contributed by atoms with Crippen LogP contribution in [0.3, 0.4) is 0 Å². The van der Waals surface area contributed by atoms with Gasteiger partial charge in [0.25, 0.3) is 0 Å². The minimum absolute atomic E-state index is 0.0444. The molecule has 0 spiro atoms. The third-order valence-electron chi connectivity index (χ3n) is 2.49. The van der Waals surface area contributed by atoms with Gasteiger partial charge in [0.05, 0.1) is 5.75 Å². The molecule has 0 amide bonds. The molecule has 2 heterocycles. The Morgan fingerprint density at radius 1 is 1.44 bits per heavy atom. The van der Waals surface area contributed by atoms with Crippen molar-refractivity contribution >= 4 is 15.8 Å². The molecule has 88 valence electrons. The van der Waals surface area contributed by atoms with E-state index in [-0.39, 0.29) is 11.6 Å². The summed E-state index contributed by atoms with van der Waals surface area (Å²) >= 11 is 0. The standard InChI is InChI=1S/C8H10N2O5S/c11-8(12)7-9-6(10-15-7)5-3-1-2-4-16(5,13)14/h5H,1-4H2,(H,11,12). The van der Waals surface area contributed by atoms with E-state index >= 15 is 0 Å². The lowest BCUT2D eigenvalue weighted by Gasteiger charge is -2.18. The zero-order valence-corrected chi connectivity index (χ0v) is 9.11. The van der Waals surface area contributed by atoms with Gasteiger partial charge in [0.15, 0.2) is 15.7 Å². The van der Waals surface area contributed by atoms with E-state index in [1.54, 1.807) is 0 Å². The first-order chi connectivity index (χ1) is 7.50. The maximum Gasteiger partial charge on any atom is 0.394 e. The fraction of sp³-hybridized carbons (Fsp3) is 0.625. The number of carboxylic acid groups (broad SMARTS) is 1. The van der Waals surface area contributed by atoms with E-state index in [0.29, 0.717) is 12.8 Å². The number of carboxylic acids is 1. The monoisotopic (exact) mass is 246 g/mol.